The zero-order chi connectivity index (χ0) is 16.9. The Hall–Kier alpha value is -1.65. The molecule has 3 rings (SSSR count). The minimum absolute atomic E-state index is 0.0986. The average molecular weight is 364 g/mol. The molecule has 5 heteroatoms. The minimum atomic E-state index is -0.356. The van der Waals surface area contributed by atoms with Crippen molar-refractivity contribution in [1.82, 2.24) is 4.90 Å². The van der Waals surface area contributed by atoms with Crippen LogP contribution in [0.25, 0.3) is 0 Å². The standard InChI is InChI=1S/C19H19ClFNOS/c20-17-5-4-6-18(21)16(17)13-23-15-9-7-14(8-10-15)19(24)22-11-2-1-3-12-22/h4-10H,1-3,11-13H2. The van der Waals surface area contributed by atoms with Gasteiger partial charge >= 0.3 is 0 Å². The second-order valence-corrected chi connectivity index (χ2v) is 6.66. The van der Waals surface area contributed by atoms with Crippen molar-refractivity contribution in [3.8, 4) is 5.75 Å². The molecule has 0 aromatic heterocycles. The summed E-state index contributed by atoms with van der Waals surface area (Å²) in [6, 6.07) is 12.2. The quantitative estimate of drug-likeness (QED) is 0.691. The number of likely N-dealkylation sites (tertiary alicyclic amines) is 1. The van der Waals surface area contributed by atoms with Gasteiger partial charge in [-0.2, -0.15) is 0 Å². The van der Waals surface area contributed by atoms with Crippen LogP contribution in [-0.2, 0) is 6.61 Å². The van der Waals surface area contributed by atoms with Gasteiger partial charge in [-0.05, 0) is 55.7 Å². The van der Waals surface area contributed by atoms with Crippen molar-refractivity contribution in [1.29, 1.82) is 0 Å². The van der Waals surface area contributed by atoms with Crippen LogP contribution in [-0.4, -0.2) is 23.0 Å². The van der Waals surface area contributed by atoms with Crippen molar-refractivity contribution in [2.45, 2.75) is 25.9 Å². The van der Waals surface area contributed by atoms with Crippen molar-refractivity contribution < 1.29 is 9.13 Å². The van der Waals surface area contributed by atoms with E-state index in [-0.39, 0.29) is 12.4 Å². The maximum Gasteiger partial charge on any atom is 0.131 e. The van der Waals surface area contributed by atoms with Crippen LogP contribution in [0.4, 0.5) is 4.39 Å². The molecular formula is C19H19ClFNOS. The van der Waals surface area contributed by atoms with Crippen LogP contribution >= 0.6 is 23.8 Å². The summed E-state index contributed by atoms with van der Waals surface area (Å²) in [5, 5.41) is 0.373. The maximum absolute atomic E-state index is 13.7. The third kappa shape index (κ3) is 4.05. The van der Waals surface area contributed by atoms with E-state index in [1.807, 2.05) is 24.3 Å². The van der Waals surface area contributed by atoms with Crippen LogP contribution in [0.2, 0.25) is 5.02 Å². The molecule has 1 aliphatic rings. The molecule has 2 nitrogen and oxygen atoms in total. The lowest BCUT2D eigenvalue weighted by atomic mass is 10.1. The van der Waals surface area contributed by atoms with Crippen molar-refractivity contribution in [3.05, 3.63) is 64.4 Å². The molecule has 1 fully saturated rings. The van der Waals surface area contributed by atoms with Crippen LogP contribution in [0.3, 0.4) is 0 Å². The van der Waals surface area contributed by atoms with Crippen molar-refractivity contribution >= 4 is 28.8 Å². The summed E-state index contributed by atoms with van der Waals surface area (Å²) in [4.78, 5) is 3.15. The number of piperidine rings is 1. The third-order valence-corrected chi connectivity index (χ3v) is 5.04. The second kappa shape index (κ2) is 7.95. The highest BCUT2D eigenvalue weighted by molar-refractivity contribution is 7.80. The molecule has 0 unspecified atom stereocenters. The van der Waals surface area contributed by atoms with Crippen molar-refractivity contribution in [3.63, 3.8) is 0 Å². The molecule has 1 heterocycles. The van der Waals surface area contributed by atoms with Gasteiger partial charge in [0, 0.05) is 24.2 Å². The van der Waals surface area contributed by atoms with Gasteiger partial charge in [-0.1, -0.05) is 29.9 Å². The van der Waals surface area contributed by atoms with Gasteiger partial charge in [0.2, 0.25) is 0 Å². The fourth-order valence-electron chi connectivity index (χ4n) is 2.80. The first-order valence-electron chi connectivity index (χ1n) is 8.10. The molecule has 2 aromatic carbocycles. The molecule has 0 radical (unpaired) electrons. The molecule has 2 aromatic rings. The Morgan fingerprint density at radius 3 is 2.46 bits per heavy atom. The van der Waals surface area contributed by atoms with E-state index < -0.39 is 0 Å². The zero-order valence-electron chi connectivity index (χ0n) is 13.3. The SMILES string of the molecule is Fc1cccc(Cl)c1COc1ccc(C(=S)N2CCCCC2)cc1. The third-order valence-electron chi connectivity index (χ3n) is 4.19. The molecule has 0 saturated carbocycles. The Balaban J connectivity index is 1.63. The van der Waals surface area contributed by atoms with Gasteiger partial charge in [-0.3, -0.25) is 0 Å². The number of thiocarbonyl (C=S) groups is 1. The first-order chi connectivity index (χ1) is 11.6. The molecule has 1 saturated heterocycles. The first-order valence-corrected chi connectivity index (χ1v) is 8.89. The highest BCUT2D eigenvalue weighted by Gasteiger charge is 2.15. The van der Waals surface area contributed by atoms with E-state index in [0.29, 0.717) is 16.3 Å². The second-order valence-electron chi connectivity index (χ2n) is 5.87. The van der Waals surface area contributed by atoms with Crippen LogP contribution in [0, 0.1) is 5.82 Å². The number of halogens is 2. The molecule has 0 N–H and O–H groups in total. The summed E-state index contributed by atoms with van der Waals surface area (Å²) >= 11 is 11.6. The maximum atomic E-state index is 13.7. The predicted molar refractivity (Wildman–Crippen MR) is 99.3 cm³/mol. The molecule has 0 bridgehead atoms. The summed E-state index contributed by atoms with van der Waals surface area (Å²) in [5.74, 6) is 0.310. The smallest absolute Gasteiger partial charge is 0.131 e. The number of benzene rings is 2. The predicted octanol–water partition coefficient (Wildman–Crippen LogP) is 5.22. The van der Waals surface area contributed by atoms with E-state index in [9.17, 15) is 4.39 Å². The average Bonchev–Trinajstić information content (AvgIpc) is 2.62. The van der Waals surface area contributed by atoms with Crippen LogP contribution in [0.5, 0.6) is 5.75 Å². The van der Waals surface area contributed by atoms with Crippen molar-refractivity contribution in [2.75, 3.05) is 13.1 Å². The normalized spacial score (nSPS) is 14.5. The first kappa shape index (κ1) is 17.2. The number of rotatable bonds is 4. The van der Waals surface area contributed by atoms with Crippen molar-refractivity contribution in [2.24, 2.45) is 0 Å². The minimum Gasteiger partial charge on any atom is -0.489 e. The number of ether oxygens (including phenoxy) is 1. The van der Waals surface area contributed by atoms with E-state index >= 15 is 0 Å². The zero-order valence-corrected chi connectivity index (χ0v) is 14.9. The lowest BCUT2D eigenvalue weighted by molar-refractivity contribution is 0.300. The Kier molecular flexibility index (Phi) is 5.69. The van der Waals surface area contributed by atoms with Gasteiger partial charge in [0.1, 0.15) is 23.2 Å². The molecule has 0 amide bonds. The lowest BCUT2D eigenvalue weighted by Crippen LogP contribution is -2.34. The molecule has 0 aliphatic carbocycles. The van der Waals surface area contributed by atoms with E-state index in [0.717, 1.165) is 23.6 Å². The largest absolute Gasteiger partial charge is 0.489 e. The van der Waals surface area contributed by atoms with Gasteiger partial charge in [-0.15, -0.1) is 0 Å². The highest BCUT2D eigenvalue weighted by atomic mass is 35.5. The summed E-state index contributed by atoms with van der Waals surface area (Å²) in [7, 11) is 0. The fourth-order valence-corrected chi connectivity index (χ4v) is 3.34. The summed E-state index contributed by atoms with van der Waals surface area (Å²) < 4.78 is 19.4. The highest BCUT2D eigenvalue weighted by Crippen LogP contribution is 2.22. The summed E-state index contributed by atoms with van der Waals surface area (Å²) in [6.45, 7) is 2.16. The van der Waals surface area contributed by atoms with Gasteiger partial charge in [0.05, 0.1) is 5.02 Å². The monoisotopic (exact) mass is 363 g/mol. The van der Waals surface area contributed by atoms with E-state index in [2.05, 4.69) is 4.90 Å². The van der Waals surface area contributed by atoms with Crippen LogP contribution < -0.4 is 4.74 Å². The lowest BCUT2D eigenvalue weighted by Gasteiger charge is -2.29. The molecular weight excluding hydrogens is 345 g/mol. The van der Waals surface area contributed by atoms with E-state index in [4.69, 9.17) is 28.6 Å². The molecule has 126 valence electrons. The summed E-state index contributed by atoms with van der Waals surface area (Å²) in [6.07, 6.45) is 3.68. The van der Waals surface area contributed by atoms with Gasteiger partial charge in [0.15, 0.2) is 0 Å². The van der Waals surface area contributed by atoms with Gasteiger partial charge in [-0.25, -0.2) is 4.39 Å². The van der Waals surface area contributed by atoms with E-state index in [1.165, 1.54) is 25.3 Å². The molecule has 0 atom stereocenters. The Bertz CT molecular complexity index is 694. The Morgan fingerprint density at radius 2 is 1.79 bits per heavy atom. The Labute approximate surface area is 152 Å². The number of hydrogen-bond acceptors (Lipinski definition) is 2. The fraction of sp³-hybridized carbons (Fsp3) is 0.316. The van der Waals surface area contributed by atoms with Crippen LogP contribution in [0.15, 0.2) is 42.5 Å². The number of nitrogens with zero attached hydrogens (tertiary/aromatic N) is 1. The Morgan fingerprint density at radius 1 is 1.08 bits per heavy atom. The molecule has 0 spiro atoms. The van der Waals surface area contributed by atoms with Gasteiger partial charge in [0.25, 0.3) is 0 Å². The van der Waals surface area contributed by atoms with Crippen LogP contribution in [0.1, 0.15) is 30.4 Å². The number of hydrogen-bond donors (Lipinski definition) is 0. The topological polar surface area (TPSA) is 12.5 Å². The summed E-state index contributed by atoms with van der Waals surface area (Å²) in [5.41, 5.74) is 1.38. The van der Waals surface area contributed by atoms with E-state index in [1.54, 1.807) is 12.1 Å². The van der Waals surface area contributed by atoms with Gasteiger partial charge < -0.3 is 9.64 Å². The molecule has 1 aliphatic heterocycles. The molecule has 24 heavy (non-hydrogen) atoms.